The minimum atomic E-state index is -0.196. The van der Waals surface area contributed by atoms with Crippen molar-refractivity contribution in [1.82, 2.24) is 15.2 Å². The van der Waals surface area contributed by atoms with E-state index in [-0.39, 0.29) is 17.4 Å². The normalized spacial score (nSPS) is 10.9. The third kappa shape index (κ3) is 3.68. The Labute approximate surface area is 156 Å². The van der Waals surface area contributed by atoms with Gasteiger partial charge in [0.05, 0.1) is 16.0 Å². The lowest BCUT2D eigenvalue weighted by Gasteiger charge is -1.98. The van der Waals surface area contributed by atoms with Gasteiger partial charge in [-0.2, -0.15) is 0 Å². The third-order valence-electron chi connectivity index (χ3n) is 3.39. The van der Waals surface area contributed by atoms with Gasteiger partial charge in [-0.3, -0.25) is 4.79 Å². The summed E-state index contributed by atoms with van der Waals surface area (Å²) in [5, 5.41) is 20.8. The lowest BCUT2D eigenvalue weighted by atomic mass is 10.2. The van der Waals surface area contributed by atoms with E-state index in [4.69, 9.17) is 4.42 Å². The molecule has 0 aliphatic rings. The number of thioether (sulfide) groups is 1. The molecule has 7 nitrogen and oxygen atoms in total. The van der Waals surface area contributed by atoms with E-state index in [1.165, 1.54) is 23.5 Å². The van der Waals surface area contributed by atoms with E-state index in [2.05, 4.69) is 20.5 Å². The van der Waals surface area contributed by atoms with Gasteiger partial charge in [0, 0.05) is 5.56 Å². The van der Waals surface area contributed by atoms with Crippen molar-refractivity contribution in [3.8, 4) is 17.2 Å². The topological polar surface area (TPSA) is 101 Å². The Morgan fingerprint density at radius 2 is 1.96 bits per heavy atom. The number of anilines is 1. The first-order chi connectivity index (χ1) is 12.7. The Bertz CT molecular complexity index is 1030. The number of hydrogen-bond acceptors (Lipinski definition) is 8. The van der Waals surface area contributed by atoms with E-state index in [1.807, 2.05) is 24.3 Å². The fourth-order valence-corrected chi connectivity index (χ4v) is 3.64. The maximum absolute atomic E-state index is 12.1. The molecule has 2 aromatic heterocycles. The summed E-state index contributed by atoms with van der Waals surface area (Å²) in [7, 11) is 0. The Hall–Kier alpha value is -2.91. The number of amides is 1. The number of benzene rings is 2. The van der Waals surface area contributed by atoms with Crippen molar-refractivity contribution < 1.29 is 14.3 Å². The monoisotopic (exact) mass is 384 g/mol. The minimum absolute atomic E-state index is 0.132. The molecule has 0 saturated heterocycles. The predicted octanol–water partition coefficient (Wildman–Crippen LogP) is 3.78. The largest absolute Gasteiger partial charge is 0.508 e. The summed E-state index contributed by atoms with van der Waals surface area (Å²) in [6.45, 7) is 0. The van der Waals surface area contributed by atoms with E-state index in [0.717, 1.165) is 22.0 Å². The van der Waals surface area contributed by atoms with Gasteiger partial charge in [-0.15, -0.1) is 10.2 Å². The van der Waals surface area contributed by atoms with Crippen LogP contribution in [0.25, 0.3) is 21.7 Å². The summed E-state index contributed by atoms with van der Waals surface area (Å²) in [6.07, 6.45) is 0. The molecule has 2 aromatic carbocycles. The van der Waals surface area contributed by atoms with Crippen LogP contribution in [-0.4, -0.2) is 31.9 Å². The zero-order chi connectivity index (χ0) is 17.9. The fourth-order valence-electron chi connectivity index (χ4n) is 2.20. The van der Waals surface area contributed by atoms with Crippen LogP contribution in [0.2, 0.25) is 0 Å². The molecule has 0 spiro atoms. The van der Waals surface area contributed by atoms with Crippen molar-refractivity contribution in [2.24, 2.45) is 0 Å². The number of carbonyl (C=O) groups is 1. The molecule has 0 bridgehead atoms. The van der Waals surface area contributed by atoms with E-state index in [1.54, 1.807) is 12.1 Å². The number of fused-ring (bicyclic) bond motifs is 1. The van der Waals surface area contributed by atoms with Crippen LogP contribution in [0.1, 0.15) is 0 Å². The summed E-state index contributed by atoms with van der Waals surface area (Å²) in [4.78, 5) is 16.5. The first-order valence-electron chi connectivity index (χ1n) is 7.58. The first kappa shape index (κ1) is 16.6. The summed E-state index contributed by atoms with van der Waals surface area (Å²) < 4.78 is 6.54. The number of carbonyl (C=O) groups excluding carboxylic acids is 1. The maximum Gasteiger partial charge on any atom is 0.277 e. The van der Waals surface area contributed by atoms with Crippen molar-refractivity contribution in [1.29, 1.82) is 0 Å². The summed E-state index contributed by atoms with van der Waals surface area (Å²) in [5.74, 6) is 0.430. The van der Waals surface area contributed by atoms with Gasteiger partial charge in [-0.05, 0) is 36.4 Å². The fraction of sp³-hybridized carbons (Fsp3) is 0.0588. The minimum Gasteiger partial charge on any atom is -0.508 e. The van der Waals surface area contributed by atoms with E-state index in [0.29, 0.717) is 21.8 Å². The summed E-state index contributed by atoms with van der Waals surface area (Å²) >= 11 is 2.57. The molecule has 0 radical (unpaired) electrons. The van der Waals surface area contributed by atoms with Gasteiger partial charge in [0.1, 0.15) is 5.75 Å². The van der Waals surface area contributed by atoms with Crippen molar-refractivity contribution in [3.05, 3.63) is 48.5 Å². The van der Waals surface area contributed by atoms with Crippen LogP contribution in [0.15, 0.2) is 58.2 Å². The summed E-state index contributed by atoms with van der Waals surface area (Å²) in [5.41, 5.74) is 1.55. The van der Waals surface area contributed by atoms with E-state index >= 15 is 0 Å². The number of aromatic hydroxyl groups is 1. The highest BCUT2D eigenvalue weighted by molar-refractivity contribution is 7.99. The molecule has 0 atom stereocenters. The van der Waals surface area contributed by atoms with Crippen LogP contribution < -0.4 is 5.32 Å². The average Bonchev–Trinajstić information content (AvgIpc) is 3.27. The van der Waals surface area contributed by atoms with Crippen LogP contribution in [0.4, 0.5) is 5.13 Å². The molecule has 2 N–H and O–H groups in total. The lowest BCUT2D eigenvalue weighted by Crippen LogP contribution is -2.13. The molecular formula is C17H12N4O3S2. The summed E-state index contributed by atoms with van der Waals surface area (Å²) in [6, 6.07) is 14.1. The van der Waals surface area contributed by atoms with Crippen molar-refractivity contribution in [2.45, 2.75) is 5.22 Å². The SMILES string of the molecule is O=C(CSc1nnc(-c2ccc(O)cc2)o1)Nc1nc2ccccc2s1. The lowest BCUT2D eigenvalue weighted by molar-refractivity contribution is -0.113. The number of hydrogen-bond donors (Lipinski definition) is 2. The number of rotatable bonds is 5. The molecule has 26 heavy (non-hydrogen) atoms. The quantitative estimate of drug-likeness (QED) is 0.505. The number of thiazole rings is 1. The van der Waals surface area contributed by atoms with Crippen molar-refractivity contribution in [2.75, 3.05) is 11.1 Å². The molecule has 0 unspecified atom stereocenters. The molecule has 0 fully saturated rings. The Kier molecular flexibility index (Phi) is 4.55. The van der Waals surface area contributed by atoms with Gasteiger partial charge in [0.25, 0.3) is 5.22 Å². The van der Waals surface area contributed by atoms with Gasteiger partial charge in [0.2, 0.25) is 11.8 Å². The van der Waals surface area contributed by atoms with Gasteiger partial charge < -0.3 is 14.8 Å². The Balaban J connectivity index is 1.36. The van der Waals surface area contributed by atoms with Crippen molar-refractivity contribution in [3.63, 3.8) is 0 Å². The smallest absolute Gasteiger partial charge is 0.277 e. The number of para-hydroxylation sites is 1. The van der Waals surface area contributed by atoms with Crippen LogP contribution in [0, 0.1) is 0 Å². The number of nitrogens with one attached hydrogen (secondary N) is 1. The first-order valence-corrected chi connectivity index (χ1v) is 9.39. The van der Waals surface area contributed by atoms with Crippen molar-refractivity contribution >= 4 is 44.4 Å². The number of nitrogens with zero attached hydrogens (tertiary/aromatic N) is 3. The van der Waals surface area contributed by atoms with Gasteiger partial charge in [-0.25, -0.2) is 4.98 Å². The number of aromatic nitrogens is 3. The number of phenolic OH excluding ortho intramolecular Hbond substituents is 1. The molecule has 2 heterocycles. The van der Waals surface area contributed by atoms with Gasteiger partial charge in [0.15, 0.2) is 5.13 Å². The third-order valence-corrected chi connectivity index (χ3v) is 5.16. The molecule has 130 valence electrons. The zero-order valence-corrected chi connectivity index (χ0v) is 14.9. The maximum atomic E-state index is 12.1. The highest BCUT2D eigenvalue weighted by Crippen LogP contribution is 2.27. The van der Waals surface area contributed by atoms with E-state index < -0.39 is 0 Å². The molecule has 1 amide bonds. The van der Waals surface area contributed by atoms with Gasteiger partial charge in [-0.1, -0.05) is 35.2 Å². The molecule has 0 aliphatic carbocycles. The second kappa shape index (κ2) is 7.14. The molecule has 4 aromatic rings. The van der Waals surface area contributed by atoms with Crippen LogP contribution in [-0.2, 0) is 4.79 Å². The second-order valence-corrected chi connectivity index (χ2v) is 7.20. The van der Waals surface area contributed by atoms with Gasteiger partial charge >= 0.3 is 0 Å². The zero-order valence-electron chi connectivity index (χ0n) is 13.2. The van der Waals surface area contributed by atoms with Crippen LogP contribution in [0.3, 0.4) is 0 Å². The number of phenols is 1. The van der Waals surface area contributed by atoms with Crippen LogP contribution >= 0.6 is 23.1 Å². The highest BCUT2D eigenvalue weighted by Gasteiger charge is 2.12. The van der Waals surface area contributed by atoms with Crippen LogP contribution in [0.5, 0.6) is 5.75 Å². The average molecular weight is 384 g/mol. The highest BCUT2D eigenvalue weighted by atomic mass is 32.2. The molecule has 0 saturated carbocycles. The molecule has 0 aliphatic heterocycles. The molecule has 9 heteroatoms. The Morgan fingerprint density at radius 1 is 1.15 bits per heavy atom. The van der Waals surface area contributed by atoms with E-state index in [9.17, 15) is 9.90 Å². The molecular weight excluding hydrogens is 372 g/mol. The standard InChI is InChI=1S/C17H12N4O3S2/c22-11-7-5-10(6-8-11)15-20-21-17(24-15)25-9-14(23)19-16-18-12-3-1-2-4-13(12)26-16/h1-8,22H,9H2,(H,18,19,23). The second-order valence-electron chi connectivity index (χ2n) is 5.24. The Morgan fingerprint density at radius 3 is 2.77 bits per heavy atom. The molecule has 4 rings (SSSR count). The predicted molar refractivity (Wildman–Crippen MR) is 100 cm³/mol.